The zero-order valence-corrected chi connectivity index (χ0v) is 11.7. The van der Waals surface area contributed by atoms with Crippen LogP contribution in [0, 0.1) is 5.92 Å². The van der Waals surface area contributed by atoms with Gasteiger partial charge in [-0.15, -0.1) is 0 Å². The second kappa shape index (κ2) is 8.47. The number of carboxylic acids is 1. The van der Waals surface area contributed by atoms with Crippen LogP contribution in [0.25, 0.3) is 0 Å². The molecular weight excluding hydrogens is 250 g/mol. The predicted molar refractivity (Wildman–Crippen MR) is 70.1 cm³/mol. The summed E-state index contributed by atoms with van der Waals surface area (Å²) in [7, 11) is 0. The van der Waals surface area contributed by atoms with Crippen molar-refractivity contribution in [3.05, 3.63) is 0 Å². The van der Waals surface area contributed by atoms with Crippen molar-refractivity contribution >= 4 is 5.97 Å². The smallest absolute Gasteiger partial charge is 0.310 e. The Morgan fingerprint density at radius 2 is 2.21 bits per heavy atom. The normalized spacial score (nSPS) is 24.8. The highest BCUT2D eigenvalue weighted by Gasteiger charge is 2.38. The second-order valence-corrected chi connectivity index (χ2v) is 4.86. The molecule has 1 fully saturated rings. The molecule has 0 spiro atoms. The van der Waals surface area contributed by atoms with E-state index in [0.717, 1.165) is 13.0 Å². The molecule has 0 aromatic carbocycles. The van der Waals surface area contributed by atoms with Crippen molar-refractivity contribution in [1.82, 2.24) is 4.90 Å². The molecule has 19 heavy (non-hydrogen) atoms. The van der Waals surface area contributed by atoms with E-state index >= 15 is 0 Å². The summed E-state index contributed by atoms with van der Waals surface area (Å²) in [5.74, 6) is -1.34. The maximum Gasteiger partial charge on any atom is 0.310 e. The fraction of sp³-hybridized carbons (Fsp3) is 0.923. The molecule has 0 bridgehead atoms. The van der Waals surface area contributed by atoms with Crippen LogP contribution in [-0.4, -0.2) is 72.7 Å². The Bertz CT molecular complexity index is 274. The van der Waals surface area contributed by atoms with Gasteiger partial charge in [0.1, 0.15) is 0 Å². The first-order chi connectivity index (χ1) is 9.10. The summed E-state index contributed by atoms with van der Waals surface area (Å²) in [5, 5.41) is 19.1. The van der Waals surface area contributed by atoms with Crippen LogP contribution in [0.3, 0.4) is 0 Å². The number of rotatable bonds is 9. The van der Waals surface area contributed by atoms with Crippen molar-refractivity contribution in [3.8, 4) is 0 Å². The lowest BCUT2D eigenvalue weighted by molar-refractivity contribution is -0.143. The van der Waals surface area contributed by atoms with E-state index in [1.807, 2.05) is 18.7 Å². The Kier molecular flexibility index (Phi) is 7.30. The molecule has 0 amide bonds. The van der Waals surface area contributed by atoms with E-state index in [1.165, 1.54) is 0 Å². The number of aliphatic carboxylic acids is 1. The summed E-state index contributed by atoms with van der Waals surface area (Å²) < 4.78 is 10.5. The molecule has 0 aliphatic carbocycles. The molecule has 0 radical (unpaired) electrons. The fourth-order valence-corrected chi connectivity index (χ4v) is 2.40. The molecule has 0 aromatic heterocycles. The molecular formula is C13H25NO5. The van der Waals surface area contributed by atoms with Crippen LogP contribution in [0.15, 0.2) is 0 Å². The number of ether oxygens (including phenoxy) is 2. The highest BCUT2D eigenvalue weighted by Crippen LogP contribution is 2.20. The van der Waals surface area contributed by atoms with Gasteiger partial charge >= 0.3 is 5.97 Å². The third-order valence-corrected chi connectivity index (χ3v) is 3.31. The minimum absolute atomic E-state index is 0.159. The molecule has 3 atom stereocenters. The van der Waals surface area contributed by atoms with Gasteiger partial charge in [0.25, 0.3) is 0 Å². The van der Waals surface area contributed by atoms with Crippen molar-refractivity contribution < 1.29 is 24.5 Å². The van der Waals surface area contributed by atoms with E-state index in [4.69, 9.17) is 9.47 Å². The van der Waals surface area contributed by atoms with Crippen LogP contribution in [0.1, 0.15) is 20.3 Å². The van der Waals surface area contributed by atoms with Crippen LogP contribution in [0.4, 0.5) is 0 Å². The number of aliphatic hydroxyl groups excluding tert-OH is 1. The van der Waals surface area contributed by atoms with Gasteiger partial charge in [0.05, 0.1) is 31.8 Å². The molecule has 1 saturated heterocycles. The number of hydrogen-bond donors (Lipinski definition) is 2. The van der Waals surface area contributed by atoms with Gasteiger partial charge in [-0.1, -0.05) is 6.92 Å². The molecule has 1 aliphatic heterocycles. The average Bonchev–Trinajstić information content (AvgIpc) is 2.85. The molecule has 0 saturated carbocycles. The molecule has 3 unspecified atom stereocenters. The third-order valence-electron chi connectivity index (χ3n) is 3.31. The minimum Gasteiger partial charge on any atom is -0.481 e. The van der Waals surface area contributed by atoms with Crippen LogP contribution >= 0.6 is 0 Å². The maximum atomic E-state index is 11.2. The first-order valence-corrected chi connectivity index (χ1v) is 6.90. The number of aliphatic hydroxyl groups is 1. The van der Waals surface area contributed by atoms with Gasteiger partial charge in [-0.05, 0) is 19.9 Å². The lowest BCUT2D eigenvalue weighted by Crippen LogP contribution is -2.47. The Morgan fingerprint density at radius 3 is 2.79 bits per heavy atom. The van der Waals surface area contributed by atoms with E-state index in [2.05, 4.69) is 0 Å². The first-order valence-electron chi connectivity index (χ1n) is 6.90. The molecule has 112 valence electrons. The van der Waals surface area contributed by atoms with Crippen LogP contribution in [-0.2, 0) is 14.3 Å². The van der Waals surface area contributed by atoms with E-state index < -0.39 is 18.0 Å². The molecule has 0 aromatic rings. The monoisotopic (exact) mass is 275 g/mol. The van der Waals surface area contributed by atoms with Crippen LogP contribution in [0.5, 0.6) is 0 Å². The van der Waals surface area contributed by atoms with Crippen LogP contribution < -0.4 is 0 Å². The van der Waals surface area contributed by atoms with Crippen molar-refractivity contribution in [1.29, 1.82) is 0 Å². The van der Waals surface area contributed by atoms with Crippen molar-refractivity contribution in [2.75, 3.05) is 39.5 Å². The fourth-order valence-electron chi connectivity index (χ4n) is 2.40. The lowest BCUT2D eigenvalue weighted by Gasteiger charge is -2.31. The summed E-state index contributed by atoms with van der Waals surface area (Å²) in [4.78, 5) is 13.2. The average molecular weight is 275 g/mol. The first kappa shape index (κ1) is 16.4. The zero-order valence-electron chi connectivity index (χ0n) is 11.7. The Labute approximate surface area is 114 Å². The molecule has 6 heteroatoms. The number of nitrogens with zero attached hydrogens (tertiary/aromatic N) is 1. The topological polar surface area (TPSA) is 79.2 Å². The van der Waals surface area contributed by atoms with Gasteiger partial charge < -0.3 is 19.7 Å². The van der Waals surface area contributed by atoms with E-state index in [1.54, 1.807) is 0 Å². The highest BCUT2D eigenvalue weighted by molar-refractivity contribution is 5.71. The maximum absolute atomic E-state index is 11.2. The van der Waals surface area contributed by atoms with E-state index in [0.29, 0.717) is 19.8 Å². The van der Waals surface area contributed by atoms with E-state index in [9.17, 15) is 15.0 Å². The second-order valence-electron chi connectivity index (χ2n) is 4.86. The molecule has 6 nitrogen and oxygen atoms in total. The molecule has 1 aliphatic rings. The number of carboxylic acid groups (broad SMARTS) is 1. The highest BCUT2D eigenvalue weighted by atomic mass is 16.5. The Balaban J connectivity index is 2.57. The van der Waals surface area contributed by atoms with Crippen LogP contribution in [0.2, 0.25) is 0 Å². The van der Waals surface area contributed by atoms with Gasteiger partial charge in [-0.2, -0.15) is 0 Å². The number of carbonyl (C=O) groups is 1. The Hall–Kier alpha value is -0.690. The summed E-state index contributed by atoms with van der Waals surface area (Å²) in [6.45, 7) is 6.60. The Morgan fingerprint density at radius 1 is 1.47 bits per heavy atom. The lowest BCUT2D eigenvalue weighted by atomic mass is 10.0. The van der Waals surface area contributed by atoms with Crippen molar-refractivity contribution in [3.63, 3.8) is 0 Å². The van der Waals surface area contributed by atoms with Gasteiger partial charge in [-0.25, -0.2) is 0 Å². The standard InChI is InChI=1S/C13H25NO5/c1-3-5-14(6-10(15)7-18-4-2)12-9-19-8-11(12)13(16)17/h10-12,15H,3-9H2,1-2H3,(H,16,17). The molecule has 2 N–H and O–H groups in total. The minimum atomic E-state index is -0.831. The van der Waals surface area contributed by atoms with E-state index in [-0.39, 0.29) is 19.3 Å². The van der Waals surface area contributed by atoms with Gasteiger partial charge in [0.15, 0.2) is 0 Å². The van der Waals surface area contributed by atoms with Gasteiger partial charge in [0.2, 0.25) is 0 Å². The SMILES string of the molecule is CCCN(CC(O)COCC)C1COCC1C(=O)O. The molecule has 1 heterocycles. The van der Waals surface area contributed by atoms with Gasteiger partial charge in [0, 0.05) is 19.2 Å². The summed E-state index contributed by atoms with van der Waals surface area (Å²) in [6, 6.07) is -0.159. The molecule has 1 rings (SSSR count). The van der Waals surface area contributed by atoms with Crippen molar-refractivity contribution in [2.45, 2.75) is 32.4 Å². The predicted octanol–water partition coefficient (Wildman–Crippen LogP) is 0.195. The number of hydrogen-bond acceptors (Lipinski definition) is 5. The largest absolute Gasteiger partial charge is 0.481 e. The summed E-state index contributed by atoms with van der Waals surface area (Å²) in [6.07, 6.45) is 0.311. The van der Waals surface area contributed by atoms with Gasteiger partial charge in [-0.3, -0.25) is 9.69 Å². The quantitative estimate of drug-likeness (QED) is 0.625. The summed E-state index contributed by atoms with van der Waals surface area (Å²) >= 11 is 0. The summed E-state index contributed by atoms with van der Waals surface area (Å²) in [5.41, 5.74) is 0. The zero-order chi connectivity index (χ0) is 14.3. The third kappa shape index (κ3) is 5.06. The van der Waals surface area contributed by atoms with Crippen molar-refractivity contribution in [2.24, 2.45) is 5.92 Å².